The summed E-state index contributed by atoms with van der Waals surface area (Å²) >= 11 is 0. The fourth-order valence-electron chi connectivity index (χ4n) is 2.59. The molecule has 10 heteroatoms. The van der Waals surface area contributed by atoms with Crippen molar-refractivity contribution in [3.63, 3.8) is 0 Å². The van der Waals surface area contributed by atoms with Gasteiger partial charge in [-0.2, -0.15) is 0 Å². The number of hydrogen-bond donors (Lipinski definition) is 1. The average Bonchev–Trinajstić information content (AvgIpc) is 2.99. The fourth-order valence-corrected chi connectivity index (χ4v) is 2.59. The Hall–Kier alpha value is -3.17. The van der Waals surface area contributed by atoms with Gasteiger partial charge in [0.15, 0.2) is 0 Å². The molecule has 31 heavy (non-hydrogen) atoms. The first-order valence-electron chi connectivity index (χ1n) is 9.41. The molecule has 0 atom stereocenters. The van der Waals surface area contributed by atoms with Crippen LogP contribution in [0.15, 0.2) is 28.5 Å². The summed E-state index contributed by atoms with van der Waals surface area (Å²) in [5.41, 5.74) is -3.58. The Morgan fingerprint density at radius 2 is 1.52 bits per heavy atom. The van der Waals surface area contributed by atoms with Crippen molar-refractivity contribution >= 4 is 29.7 Å². The second-order valence-electron chi connectivity index (χ2n) is 8.39. The van der Waals surface area contributed by atoms with Gasteiger partial charge in [-0.15, -0.1) is 0 Å². The molecule has 0 aromatic heterocycles. The summed E-state index contributed by atoms with van der Waals surface area (Å²) in [6, 6.07) is 0. The molecule has 0 aliphatic carbocycles. The Kier molecular flexibility index (Phi) is 7.77. The van der Waals surface area contributed by atoms with Crippen molar-refractivity contribution in [3.8, 4) is 0 Å². The lowest BCUT2D eigenvalue weighted by molar-refractivity contribution is -0.139. The predicted octanol–water partition coefficient (Wildman–Crippen LogP) is 1.44. The van der Waals surface area contributed by atoms with E-state index in [4.69, 9.17) is 9.47 Å². The van der Waals surface area contributed by atoms with E-state index in [1.165, 1.54) is 34.1 Å². The summed E-state index contributed by atoms with van der Waals surface area (Å²) in [5.74, 6) is -2.41. The monoisotopic (exact) mass is 438 g/mol. The van der Waals surface area contributed by atoms with Crippen LogP contribution in [0.3, 0.4) is 0 Å². The van der Waals surface area contributed by atoms with Crippen LogP contribution in [0.4, 0.5) is 0 Å². The number of nitrogens with zero attached hydrogens (tertiary/aromatic N) is 1. The molecule has 0 aromatic carbocycles. The van der Waals surface area contributed by atoms with Gasteiger partial charge in [0.1, 0.15) is 16.7 Å². The van der Waals surface area contributed by atoms with Crippen LogP contribution in [0.5, 0.6) is 0 Å². The number of amides is 1. The van der Waals surface area contributed by atoms with E-state index >= 15 is 0 Å². The Balaban J connectivity index is 3.23. The van der Waals surface area contributed by atoms with Crippen LogP contribution in [-0.2, 0) is 38.1 Å². The molecule has 1 aliphatic rings. The van der Waals surface area contributed by atoms with Gasteiger partial charge in [0.05, 0.1) is 38.5 Å². The van der Waals surface area contributed by atoms with Crippen LogP contribution in [0, 0.1) is 5.41 Å². The third kappa shape index (κ3) is 5.93. The van der Waals surface area contributed by atoms with Crippen molar-refractivity contribution in [2.24, 2.45) is 10.4 Å². The largest absolute Gasteiger partial charge is 0.466 e. The van der Waals surface area contributed by atoms with Gasteiger partial charge in [0, 0.05) is 6.08 Å². The van der Waals surface area contributed by atoms with Crippen molar-refractivity contribution in [1.29, 1.82) is 0 Å². The van der Waals surface area contributed by atoms with E-state index < -0.39 is 40.3 Å². The summed E-state index contributed by atoms with van der Waals surface area (Å²) < 4.78 is 19.7. The van der Waals surface area contributed by atoms with Crippen LogP contribution < -0.4 is 5.32 Å². The van der Waals surface area contributed by atoms with Gasteiger partial charge >= 0.3 is 17.9 Å². The highest BCUT2D eigenvalue weighted by atomic mass is 16.5. The molecule has 1 amide bonds. The summed E-state index contributed by atoms with van der Waals surface area (Å²) in [6.07, 6.45) is 2.13. The zero-order valence-corrected chi connectivity index (χ0v) is 19.4. The van der Waals surface area contributed by atoms with Crippen LogP contribution in [-0.4, -0.2) is 62.1 Å². The Bertz CT molecular complexity index is 863. The highest BCUT2D eigenvalue weighted by Gasteiger charge is 2.46. The van der Waals surface area contributed by atoms with E-state index in [0.29, 0.717) is 0 Å². The maximum atomic E-state index is 13.2. The second kappa shape index (κ2) is 9.32. The molecule has 1 heterocycles. The van der Waals surface area contributed by atoms with Gasteiger partial charge in [0.25, 0.3) is 0 Å². The summed E-state index contributed by atoms with van der Waals surface area (Å²) in [6.45, 7) is 9.68. The quantitative estimate of drug-likeness (QED) is 0.359. The van der Waals surface area contributed by atoms with E-state index in [9.17, 15) is 19.2 Å². The molecule has 10 nitrogen and oxygen atoms in total. The molecule has 1 rings (SSSR count). The third-order valence-electron chi connectivity index (χ3n) is 4.71. The highest BCUT2D eigenvalue weighted by molar-refractivity contribution is 6.07. The number of aliphatic imine (C=N–C) groups is 1. The minimum atomic E-state index is -1.30. The zero-order chi connectivity index (χ0) is 24.2. The molecule has 0 bridgehead atoms. The minimum absolute atomic E-state index is 0.0810. The van der Waals surface area contributed by atoms with E-state index in [2.05, 4.69) is 19.8 Å². The van der Waals surface area contributed by atoms with Crippen molar-refractivity contribution in [3.05, 3.63) is 23.5 Å². The molecule has 0 saturated carbocycles. The van der Waals surface area contributed by atoms with Gasteiger partial charge in [0.2, 0.25) is 11.8 Å². The van der Waals surface area contributed by atoms with E-state index in [1.54, 1.807) is 27.7 Å². The fraction of sp³-hybridized carbons (Fsp3) is 0.571. The third-order valence-corrected chi connectivity index (χ3v) is 4.71. The Morgan fingerprint density at radius 3 is 2.00 bits per heavy atom. The van der Waals surface area contributed by atoms with Gasteiger partial charge in [-0.05, 0) is 41.5 Å². The Morgan fingerprint density at radius 1 is 0.968 bits per heavy atom. The molecule has 172 valence electrons. The molecule has 0 spiro atoms. The second-order valence-corrected chi connectivity index (χ2v) is 8.39. The molecule has 0 fully saturated rings. The van der Waals surface area contributed by atoms with Crippen molar-refractivity contribution in [1.82, 2.24) is 5.32 Å². The zero-order valence-electron chi connectivity index (χ0n) is 19.4. The number of hydrogen-bond acceptors (Lipinski definition) is 9. The van der Waals surface area contributed by atoms with Crippen LogP contribution in [0.1, 0.15) is 41.5 Å². The molecular formula is C21H30N2O8. The number of ether oxygens (including phenoxy) is 4. The molecule has 1 N–H and O–H groups in total. The number of methoxy groups -OCH3 is 3. The molecular weight excluding hydrogens is 408 g/mol. The summed E-state index contributed by atoms with van der Waals surface area (Å²) in [4.78, 5) is 53.1. The lowest BCUT2D eigenvalue weighted by atomic mass is 9.87. The first-order chi connectivity index (χ1) is 14.1. The molecule has 0 radical (unpaired) electrons. The first kappa shape index (κ1) is 25.9. The molecule has 0 aromatic rings. The van der Waals surface area contributed by atoms with E-state index in [0.717, 1.165) is 13.2 Å². The molecule has 0 unspecified atom stereocenters. The van der Waals surface area contributed by atoms with E-state index in [-0.39, 0.29) is 17.2 Å². The van der Waals surface area contributed by atoms with Gasteiger partial charge in [-0.3, -0.25) is 4.79 Å². The standard InChI is InChI=1S/C21H30N2O8/c1-19(2,18-23-21(5,6)13(31-18)11-15(25)29-8)17(27)22-20(3,4)12(16(26)30-9)10-14(24)28-7/h10-11H,1-9H3,(H,22,27)/b12-10+,13-11-. The number of rotatable bonds is 7. The topological polar surface area (TPSA) is 130 Å². The van der Waals surface area contributed by atoms with Gasteiger partial charge < -0.3 is 24.3 Å². The normalized spacial score (nSPS) is 17.4. The SMILES string of the molecule is COC(=O)/C=C1\OC(C(C)(C)C(=O)NC(C)(C)/C(=C/C(=O)OC)C(=O)OC)=NC1(C)C. The van der Waals surface area contributed by atoms with E-state index in [1.807, 2.05) is 0 Å². The first-order valence-corrected chi connectivity index (χ1v) is 9.41. The van der Waals surface area contributed by atoms with Crippen molar-refractivity contribution < 1.29 is 38.1 Å². The maximum Gasteiger partial charge on any atom is 0.336 e. The number of carbonyl (C=O) groups excluding carboxylic acids is 4. The Labute approximate surface area is 181 Å². The minimum Gasteiger partial charge on any atom is -0.466 e. The van der Waals surface area contributed by atoms with Crippen LogP contribution >= 0.6 is 0 Å². The summed E-state index contributed by atoms with van der Waals surface area (Å²) in [7, 11) is 3.57. The van der Waals surface area contributed by atoms with Crippen LogP contribution in [0.25, 0.3) is 0 Å². The van der Waals surface area contributed by atoms with Crippen molar-refractivity contribution in [2.45, 2.75) is 52.6 Å². The number of nitrogens with one attached hydrogen (secondary N) is 1. The van der Waals surface area contributed by atoms with Gasteiger partial charge in [-0.1, -0.05) is 0 Å². The number of esters is 3. The molecule has 1 aliphatic heterocycles. The lowest BCUT2D eigenvalue weighted by Gasteiger charge is -2.32. The van der Waals surface area contributed by atoms with Crippen molar-refractivity contribution in [2.75, 3.05) is 21.3 Å². The molecule has 0 saturated heterocycles. The number of carbonyl (C=O) groups is 4. The highest BCUT2D eigenvalue weighted by Crippen LogP contribution is 2.35. The average molecular weight is 438 g/mol. The maximum absolute atomic E-state index is 13.2. The summed E-state index contributed by atoms with van der Waals surface area (Å²) in [5, 5.41) is 2.72. The lowest BCUT2D eigenvalue weighted by Crippen LogP contribution is -2.53. The smallest absolute Gasteiger partial charge is 0.336 e. The predicted molar refractivity (Wildman–Crippen MR) is 111 cm³/mol. The van der Waals surface area contributed by atoms with Gasteiger partial charge in [-0.25, -0.2) is 19.4 Å². The van der Waals surface area contributed by atoms with Crippen LogP contribution in [0.2, 0.25) is 0 Å².